The van der Waals surface area contributed by atoms with Crippen molar-refractivity contribution in [2.24, 2.45) is 5.92 Å². The smallest absolute Gasteiger partial charge is 0.194 e. The molecule has 0 aliphatic rings. The number of rotatable bonds is 8. The van der Waals surface area contributed by atoms with Gasteiger partial charge in [0.1, 0.15) is 6.07 Å². The molecule has 0 saturated heterocycles. The van der Waals surface area contributed by atoms with E-state index in [0.29, 0.717) is 6.07 Å². The molecule has 0 unspecified atom stereocenters. The van der Waals surface area contributed by atoms with Gasteiger partial charge in [0, 0.05) is 0 Å². The molecule has 0 radical (unpaired) electrons. The Kier molecular flexibility index (Phi) is 7.98. The highest BCUT2D eigenvalue weighted by molar-refractivity contribution is 6.74. The molecule has 14 heavy (non-hydrogen) atoms. The summed E-state index contributed by atoms with van der Waals surface area (Å²) in [4.78, 5) is 0. The molecule has 0 aliphatic carbocycles. The van der Waals surface area contributed by atoms with Crippen molar-refractivity contribution in [2.75, 3.05) is 6.07 Å². The van der Waals surface area contributed by atoms with Gasteiger partial charge in [-0.15, -0.1) is 0 Å². The molecule has 0 bridgehead atoms. The van der Waals surface area contributed by atoms with E-state index in [-0.39, 0.29) is 0 Å². The first-order chi connectivity index (χ1) is 6.60. The molecule has 3 heteroatoms. The van der Waals surface area contributed by atoms with E-state index < -0.39 is 8.32 Å². The summed E-state index contributed by atoms with van der Waals surface area (Å²) in [7, 11) is -1.49. The highest BCUT2D eigenvalue weighted by Crippen LogP contribution is 2.29. The van der Waals surface area contributed by atoms with E-state index in [1.807, 2.05) is 0 Å². The Labute approximate surface area is 95.3 Å². The minimum atomic E-state index is -1.49. The highest BCUT2D eigenvalue weighted by Gasteiger charge is 2.33. The van der Waals surface area contributed by atoms with Gasteiger partial charge in [0.2, 0.25) is 0 Å². The van der Waals surface area contributed by atoms with Crippen molar-refractivity contribution in [3.63, 3.8) is 0 Å². The summed E-state index contributed by atoms with van der Waals surface area (Å²) in [6, 6.07) is 4.19. The van der Waals surface area contributed by atoms with Crippen molar-refractivity contribution in [3.05, 3.63) is 0 Å². The van der Waals surface area contributed by atoms with E-state index in [2.05, 4.69) is 27.7 Å². The molecule has 0 aliphatic heterocycles. The zero-order valence-electron chi connectivity index (χ0n) is 10.1. The van der Waals surface area contributed by atoms with Gasteiger partial charge in [-0.05, 0) is 24.1 Å². The first-order valence-electron chi connectivity index (χ1n) is 5.80. The second-order valence-electron chi connectivity index (χ2n) is 4.53. The molecule has 0 aromatic heterocycles. The van der Waals surface area contributed by atoms with Gasteiger partial charge in [-0.3, -0.25) is 0 Å². The number of hydrogen-bond acceptors (Lipinski definition) is 1. The van der Waals surface area contributed by atoms with Crippen LogP contribution in [0, 0.1) is 5.92 Å². The molecule has 86 valence electrons. The molecule has 0 N–H and O–H groups in total. The lowest BCUT2D eigenvalue weighted by Gasteiger charge is -2.31. The van der Waals surface area contributed by atoms with E-state index in [1.54, 1.807) is 0 Å². The van der Waals surface area contributed by atoms with E-state index in [9.17, 15) is 0 Å². The lowest BCUT2D eigenvalue weighted by Crippen LogP contribution is -2.39. The van der Waals surface area contributed by atoms with Gasteiger partial charge in [0.25, 0.3) is 0 Å². The fourth-order valence-electron chi connectivity index (χ4n) is 2.30. The summed E-state index contributed by atoms with van der Waals surface area (Å²) >= 11 is 5.75. The van der Waals surface area contributed by atoms with Gasteiger partial charge in [-0.1, -0.05) is 52.1 Å². The quantitative estimate of drug-likeness (QED) is 0.442. The van der Waals surface area contributed by atoms with E-state index in [1.165, 1.54) is 31.0 Å². The van der Waals surface area contributed by atoms with Gasteiger partial charge in [-0.2, -0.15) is 0 Å². The van der Waals surface area contributed by atoms with Crippen LogP contribution < -0.4 is 0 Å². The summed E-state index contributed by atoms with van der Waals surface area (Å²) in [6.45, 7) is 9.06. The Hall–Kier alpha value is 0.467. The maximum Gasteiger partial charge on any atom is 0.194 e. The van der Waals surface area contributed by atoms with Crippen LogP contribution in [0.2, 0.25) is 18.1 Å². The average molecular weight is 237 g/mol. The van der Waals surface area contributed by atoms with Crippen LogP contribution in [0.5, 0.6) is 0 Å². The lowest BCUT2D eigenvalue weighted by atomic mass is 10.3. The Bertz CT molecular complexity index is 122. The molecule has 0 saturated carbocycles. The summed E-state index contributed by atoms with van der Waals surface area (Å²) < 4.78 is 5.93. The molecular weight excluding hydrogens is 212 g/mol. The minimum Gasteiger partial charge on any atom is -0.403 e. The molecule has 0 fully saturated rings. The van der Waals surface area contributed by atoms with Crippen LogP contribution in [0.15, 0.2) is 0 Å². The Morgan fingerprint density at radius 3 is 1.93 bits per heavy atom. The van der Waals surface area contributed by atoms with Crippen LogP contribution in [0.3, 0.4) is 0 Å². The molecule has 1 nitrogen and oxygen atoms in total. The van der Waals surface area contributed by atoms with Gasteiger partial charge < -0.3 is 4.43 Å². The topological polar surface area (TPSA) is 9.23 Å². The van der Waals surface area contributed by atoms with Crippen molar-refractivity contribution < 1.29 is 4.43 Å². The molecule has 0 rings (SSSR count). The minimum absolute atomic E-state index is 0.388. The molecule has 0 aromatic carbocycles. The Morgan fingerprint density at radius 1 is 1.14 bits per heavy atom. The monoisotopic (exact) mass is 236 g/mol. The van der Waals surface area contributed by atoms with Crippen LogP contribution in [0.1, 0.15) is 40.5 Å². The first-order valence-corrected chi connectivity index (χ1v) is 8.86. The summed E-state index contributed by atoms with van der Waals surface area (Å²) in [5.41, 5.74) is 0. The third kappa shape index (κ3) is 5.37. The normalized spacial score (nSPS) is 12.4. The van der Waals surface area contributed by atoms with Gasteiger partial charge in [0.05, 0.1) is 0 Å². The van der Waals surface area contributed by atoms with Gasteiger partial charge in [0.15, 0.2) is 8.32 Å². The third-order valence-corrected chi connectivity index (χ3v) is 7.98. The third-order valence-electron chi connectivity index (χ3n) is 2.55. The predicted octanol–water partition coefficient (Wildman–Crippen LogP) is 4.62. The summed E-state index contributed by atoms with van der Waals surface area (Å²) in [6.07, 6.45) is 2.46. The maximum absolute atomic E-state index is 5.93. The lowest BCUT2D eigenvalue weighted by molar-refractivity contribution is 0.355. The van der Waals surface area contributed by atoms with Gasteiger partial charge >= 0.3 is 0 Å². The van der Waals surface area contributed by atoms with E-state index in [0.717, 1.165) is 5.92 Å². The largest absolute Gasteiger partial charge is 0.403 e. The van der Waals surface area contributed by atoms with Crippen LogP contribution in [-0.2, 0) is 4.43 Å². The standard InChI is InChI=1S/C11H25ClOSi/c1-5-7-14(8-6-2,13-10-12)9-11(3)4/h11H,5-10H2,1-4H3. The molecule has 0 amide bonds. The Morgan fingerprint density at radius 2 is 1.64 bits per heavy atom. The Balaban J connectivity index is 4.37. The zero-order chi connectivity index (χ0) is 11.0. The van der Waals surface area contributed by atoms with Crippen molar-refractivity contribution in [3.8, 4) is 0 Å². The van der Waals surface area contributed by atoms with E-state index in [4.69, 9.17) is 16.0 Å². The number of alkyl halides is 1. The molecule has 0 atom stereocenters. The molecule has 0 aromatic rings. The van der Waals surface area contributed by atoms with Crippen molar-refractivity contribution in [2.45, 2.75) is 58.7 Å². The summed E-state index contributed by atoms with van der Waals surface area (Å²) in [5, 5.41) is 0. The van der Waals surface area contributed by atoms with Crippen LogP contribution in [0.25, 0.3) is 0 Å². The van der Waals surface area contributed by atoms with Crippen molar-refractivity contribution in [1.82, 2.24) is 0 Å². The van der Waals surface area contributed by atoms with E-state index >= 15 is 0 Å². The number of hydrogen-bond donors (Lipinski definition) is 0. The first kappa shape index (κ1) is 14.5. The SMILES string of the molecule is CCC[Si](CCC)(CC(C)C)OCCl. The average Bonchev–Trinajstić information content (AvgIpc) is 2.03. The molecule has 0 spiro atoms. The zero-order valence-corrected chi connectivity index (χ0v) is 11.9. The fraction of sp³-hybridized carbons (Fsp3) is 1.00. The predicted molar refractivity (Wildman–Crippen MR) is 67.4 cm³/mol. The number of halogens is 1. The van der Waals surface area contributed by atoms with Crippen molar-refractivity contribution in [1.29, 1.82) is 0 Å². The fourth-order valence-corrected chi connectivity index (χ4v) is 7.60. The maximum atomic E-state index is 5.93. The van der Waals surface area contributed by atoms with Gasteiger partial charge in [-0.25, -0.2) is 0 Å². The molecule has 0 heterocycles. The molecular formula is C11H25ClOSi. The van der Waals surface area contributed by atoms with Crippen LogP contribution in [-0.4, -0.2) is 14.4 Å². The second kappa shape index (κ2) is 7.72. The van der Waals surface area contributed by atoms with Crippen LogP contribution in [0.4, 0.5) is 0 Å². The second-order valence-corrected chi connectivity index (χ2v) is 8.82. The van der Waals surface area contributed by atoms with Crippen LogP contribution >= 0.6 is 11.6 Å². The highest BCUT2D eigenvalue weighted by atomic mass is 35.5. The summed E-state index contributed by atoms with van der Waals surface area (Å²) in [5.74, 6) is 0.739. The van der Waals surface area contributed by atoms with Crippen molar-refractivity contribution >= 4 is 19.9 Å².